The summed E-state index contributed by atoms with van der Waals surface area (Å²) in [5.41, 5.74) is 0. The van der Waals surface area contributed by atoms with E-state index in [2.05, 4.69) is 0 Å². The zero-order valence-corrected chi connectivity index (χ0v) is 11.9. The van der Waals surface area contributed by atoms with Gasteiger partial charge in [-0.05, 0) is 25.0 Å². The second-order valence-electron chi connectivity index (χ2n) is 5.74. The lowest BCUT2D eigenvalue weighted by molar-refractivity contribution is -0.136. The molecule has 1 saturated carbocycles. The van der Waals surface area contributed by atoms with Gasteiger partial charge < -0.3 is 19.3 Å². The summed E-state index contributed by atoms with van der Waals surface area (Å²) in [5.74, 6) is 0.428. The van der Waals surface area contributed by atoms with Crippen molar-refractivity contribution in [3.05, 3.63) is 24.2 Å². The third kappa shape index (κ3) is 3.10. The Morgan fingerprint density at radius 2 is 2.29 bits per heavy atom. The molecular formula is C15H20N2O4. The highest BCUT2D eigenvalue weighted by Crippen LogP contribution is 2.30. The lowest BCUT2D eigenvalue weighted by atomic mass is 10.1. The fourth-order valence-corrected chi connectivity index (χ4v) is 2.88. The molecule has 1 aliphatic carbocycles. The predicted octanol–water partition coefficient (Wildman–Crippen LogP) is 0.611. The quantitative estimate of drug-likeness (QED) is 0.834. The van der Waals surface area contributed by atoms with Gasteiger partial charge in [-0.2, -0.15) is 0 Å². The maximum atomic E-state index is 12.5. The molecular weight excluding hydrogens is 272 g/mol. The van der Waals surface area contributed by atoms with Crippen molar-refractivity contribution >= 4 is 11.8 Å². The summed E-state index contributed by atoms with van der Waals surface area (Å²) in [6.07, 6.45) is 3.84. The third-order valence-electron chi connectivity index (χ3n) is 4.10. The number of carbonyl (C=O) groups is 2. The molecule has 21 heavy (non-hydrogen) atoms. The first kappa shape index (κ1) is 14.1. The Balaban J connectivity index is 1.61. The fraction of sp³-hybridized carbons (Fsp3) is 0.600. The van der Waals surface area contributed by atoms with Gasteiger partial charge in [0.15, 0.2) is 0 Å². The lowest BCUT2D eigenvalue weighted by Gasteiger charge is -2.24. The second kappa shape index (κ2) is 5.89. The Hall–Kier alpha value is -1.82. The van der Waals surface area contributed by atoms with Gasteiger partial charge in [-0.15, -0.1) is 0 Å². The van der Waals surface area contributed by atoms with Crippen LogP contribution in [0, 0.1) is 5.92 Å². The number of hydrogen-bond donors (Lipinski definition) is 1. The van der Waals surface area contributed by atoms with Crippen molar-refractivity contribution in [1.82, 2.24) is 9.80 Å². The van der Waals surface area contributed by atoms with Gasteiger partial charge in [-0.1, -0.05) is 0 Å². The largest absolute Gasteiger partial charge is 0.467 e. The molecule has 1 aromatic heterocycles. The Morgan fingerprint density at radius 1 is 1.48 bits per heavy atom. The van der Waals surface area contributed by atoms with Crippen LogP contribution in [0.4, 0.5) is 0 Å². The van der Waals surface area contributed by atoms with Gasteiger partial charge in [0.2, 0.25) is 11.8 Å². The molecule has 0 spiro atoms. The second-order valence-corrected chi connectivity index (χ2v) is 5.74. The summed E-state index contributed by atoms with van der Waals surface area (Å²) in [4.78, 5) is 28.0. The molecule has 2 aliphatic rings. The first-order valence-electron chi connectivity index (χ1n) is 7.40. The van der Waals surface area contributed by atoms with E-state index in [1.54, 1.807) is 22.1 Å². The van der Waals surface area contributed by atoms with Crippen molar-refractivity contribution in [3.63, 3.8) is 0 Å². The highest BCUT2D eigenvalue weighted by Gasteiger charge is 2.40. The SMILES string of the molecule is O=C1CC(C(=O)N(CCO)C2CC2)CN1Cc1ccco1. The van der Waals surface area contributed by atoms with Crippen LogP contribution in [0.15, 0.2) is 22.8 Å². The minimum Gasteiger partial charge on any atom is -0.467 e. The molecule has 2 heterocycles. The number of rotatable bonds is 6. The van der Waals surface area contributed by atoms with Gasteiger partial charge >= 0.3 is 0 Å². The highest BCUT2D eigenvalue weighted by atomic mass is 16.3. The minimum atomic E-state index is -0.292. The van der Waals surface area contributed by atoms with Gasteiger partial charge in [0.05, 0.1) is 25.3 Å². The van der Waals surface area contributed by atoms with Crippen molar-refractivity contribution in [2.24, 2.45) is 5.92 Å². The smallest absolute Gasteiger partial charge is 0.228 e. The van der Waals surface area contributed by atoms with Crippen molar-refractivity contribution in [3.8, 4) is 0 Å². The van der Waals surface area contributed by atoms with Gasteiger partial charge in [-0.3, -0.25) is 9.59 Å². The number of aliphatic hydroxyl groups is 1. The first-order chi connectivity index (χ1) is 10.2. The lowest BCUT2D eigenvalue weighted by Crippen LogP contribution is -2.40. The van der Waals surface area contributed by atoms with Crippen molar-refractivity contribution in [2.75, 3.05) is 19.7 Å². The summed E-state index contributed by atoms with van der Waals surface area (Å²) >= 11 is 0. The van der Waals surface area contributed by atoms with Gasteiger partial charge in [0.1, 0.15) is 5.76 Å². The summed E-state index contributed by atoms with van der Waals surface area (Å²) in [5, 5.41) is 9.10. The average molecular weight is 292 g/mol. The van der Waals surface area contributed by atoms with E-state index in [0.717, 1.165) is 18.6 Å². The summed E-state index contributed by atoms with van der Waals surface area (Å²) < 4.78 is 5.25. The summed E-state index contributed by atoms with van der Waals surface area (Å²) in [6.45, 7) is 1.19. The average Bonchev–Trinajstić information content (AvgIpc) is 3.06. The minimum absolute atomic E-state index is 0.00171. The van der Waals surface area contributed by atoms with Crippen LogP contribution in [0.1, 0.15) is 25.0 Å². The van der Waals surface area contributed by atoms with Crippen LogP contribution in [0.5, 0.6) is 0 Å². The standard InChI is InChI=1S/C15H20N2O4/c18-6-5-17(12-3-4-12)15(20)11-8-14(19)16(9-11)10-13-2-1-7-21-13/h1-2,7,11-12,18H,3-6,8-10H2. The van der Waals surface area contributed by atoms with Crippen LogP contribution in [-0.4, -0.2) is 52.5 Å². The number of nitrogens with zero attached hydrogens (tertiary/aromatic N) is 2. The van der Waals surface area contributed by atoms with Crippen LogP contribution in [0.3, 0.4) is 0 Å². The Labute approximate surface area is 123 Å². The van der Waals surface area contributed by atoms with Crippen LogP contribution in [0.25, 0.3) is 0 Å². The Bertz CT molecular complexity index is 510. The van der Waals surface area contributed by atoms with Crippen molar-refractivity contribution < 1.29 is 19.1 Å². The number of aliphatic hydroxyl groups excluding tert-OH is 1. The molecule has 1 aromatic rings. The molecule has 6 nitrogen and oxygen atoms in total. The van der Waals surface area contributed by atoms with E-state index in [9.17, 15) is 9.59 Å². The van der Waals surface area contributed by atoms with Crippen LogP contribution in [-0.2, 0) is 16.1 Å². The van der Waals surface area contributed by atoms with E-state index in [1.165, 1.54) is 0 Å². The normalized spacial score (nSPS) is 21.9. The highest BCUT2D eigenvalue weighted by molar-refractivity contribution is 5.89. The monoisotopic (exact) mass is 292 g/mol. The zero-order valence-electron chi connectivity index (χ0n) is 11.9. The van der Waals surface area contributed by atoms with E-state index in [1.807, 2.05) is 6.07 Å². The zero-order chi connectivity index (χ0) is 14.8. The molecule has 0 radical (unpaired) electrons. The van der Waals surface area contributed by atoms with Gasteiger partial charge in [0, 0.05) is 25.6 Å². The van der Waals surface area contributed by atoms with E-state index in [-0.39, 0.29) is 36.8 Å². The van der Waals surface area contributed by atoms with E-state index in [4.69, 9.17) is 9.52 Å². The topological polar surface area (TPSA) is 74.0 Å². The van der Waals surface area contributed by atoms with E-state index < -0.39 is 0 Å². The fourth-order valence-electron chi connectivity index (χ4n) is 2.88. The molecule has 3 rings (SSSR count). The van der Waals surface area contributed by atoms with Gasteiger partial charge in [0.25, 0.3) is 0 Å². The molecule has 1 saturated heterocycles. The number of amides is 2. The molecule has 1 unspecified atom stereocenters. The number of carbonyl (C=O) groups excluding carboxylic acids is 2. The molecule has 6 heteroatoms. The Kier molecular flexibility index (Phi) is 3.96. The summed E-state index contributed by atoms with van der Waals surface area (Å²) in [6, 6.07) is 3.87. The molecule has 2 amide bonds. The number of furan rings is 1. The summed E-state index contributed by atoms with van der Waals surface area (Å²) in [7, 11) is 0. The van der Waals surface area contributed by atoms with Gasteiger partial charge in [-0.25, -0.2) is 0 Å². The van der Waals surface area contributed by atoms with E-state index in [0.29, 0.717) is 19.6 Å². The number of hydrogen-bond acceptors (Lipinski definition) is 4. The molecule has 1 atom stereocenters. The maximum Gasteiger partial charge on any atom is 0.228 e. The molecule has 0 aromatic carbocycles. The molecule has 0 bridgehead atoms. The van der Waals surface area contributed by atoms with Crippen LogP contribution >= 0.6 is 0 Å². The molecule has 2 fully saturated rings. The molecule has 114 valence electrons. The Morgan fingerprint density at radius 3 is 2.90 bits per heavy atom. The van der Waals surface area contributed by atoms with Crippen molar-refractivity contribution in [2.45, 2.75) is 31.8 Å². The predicted molar refractivity (Wildman–Crippen MR) is 74.1 cm³/mol. The van der Waals surface area contributed by atoms with Crippen LogP contribution in [0.2, 0.25) is 0 Å². The molecule has 1 N–H and O–H groups in total. The molecule has 1 aliphatic heterocycles. The third-order valence-corrected chi connectivity index (χ3v) is 4.10. The van der Waals surface area contributed by atoms with Crippen LogP contribution < -0.4 is 0 Å². The first-order valence-corrected chi connectivity index (χ1v) is 7.40. The number of likely N-dealkylation sites (tertiary alicyclic amines) is 1. The maximum absolute atomic E-state index is 12.5. The van der Waals surface area contributed by atoms with Crippen molar-refractivity contribution in [1.29, 1.82) is 0 Å². The van der Waals surface area contributed by atoms with E-state index >= 15 is 0 Å².